The van der Waals surface area contributed by atoms with E-state index in [4.69, 9.17) is 21.7 Å². The zero-order chi connectivity index (χ0) is 20.8. The van der Waals surface area contributed by atoms with Crippen molar-refractivity contribution in [2.45, 2.75) is 58.4 Å². The number of allylic oxidation sites excluding steroid dienone is 1. The highest BCUT2D eigenvalue weighted by molar-refractivity contribution is 8.26. The molecular formula is C23H29NO3S2. The van der Waals surface area contributed by atoms with Crippen LogP contribution in [0.15, 0.2) is 29.7 Å². The van der Waals surface area contributed by atoms with Crippen LogP contribution in [-0.4, -0.2) is 34.4 Å². The first kappa shape index (κ1) is 21.9. The van der Waals surface area contributed by atoms with Crippen LogP contribution in [0.5, 0.6) is 11.5 Å². The summed E-state index contributed by atoms with van der Waals surface area (Å²) in [4.78, 5) is 15.6. The fourth-order valence-electron chi connectivity index (χ4n) is 3.93. The van der Waals surface area contributed by atoms with Crippen LogP contribution in [0.25, 0.3) is 6.08 Å². The molecule has 156 valence electrons. The Bertz CT molecular complexity index is 813. The highest BCUT2D eigenvalue weighted by Crippen LogP contribution is 2.39. The average molecular weight is 432 g/mol. The van der Waals surface area contributed by atoms with Crippen LogP contribution in [0.3, 0.4) is 0 Å². The van der Waals surface area contributed by atoms with Crippen LogP contribution in [0.1, 0.15) is 57.1 Å². The largest absolute Gasteiger partial charge is 0.490 e. The SMILES string of the molecule is C=CCc1cc(/C=C2\SC(=S)N(C3CCCCC3)C2=O)cc(OCC)c1OCC. The minimum absolute atomic E-state index is 0.0315. The van der Waals surface area contributed by atoms with Crippen LogP contribution in [0.4, 0.5) is 0 Å². The number of carbonyl (C=O) groups excluding carboxylic acids is 1. The molecule has 29 heavy (non-hydrogen) atoms. The van der Waals surface area contributed by atoms with E-state index in [1.165, 1.54) is 31.0 Å². The number of benzene rings is 1. The van der Waals surface area contributed by atoms with Crippen LogP contribution in [-0.2, 0) is 11.2 Å². The first-order valence-corrected chi connectivity index (χ1v) is 11.6. The van der Waals surface area contributed by atoms with Gasteiger partial charge in [0, 0.05) is 11.6 Å². The molecule has 2 aliphatic rings. The van der Waals surface area contributed by atoms with E-state index >= 15 is 0 Å². The van der Waals surface area contributed by atoms with Gasteiger partial charge in [0.2, 0.25) is 0 Å². The second-order valence-corrected chi connectivity index (χ2v) is 8.89. The number of hydrogen-bond donors (Lipinski definition) is 0. The van der Waals surface area contributed by atoms with Gasteiger partial charge >= 0.3 is 0 Å². The maximum absolute atomic E-state index is 13.1. The second-order valence-electron chi connectivity index (χ2n) is 7.21. The number of thiocarbonyl (C=S) groups is 1. The lowest BCUT2D eigenvalue weighted by molar-refractivity contribution is -0.124. The van der Waals surface area contributed by atoms with Crippen molar-refractivity contribution in [2.24, 2.45) is 0 Å². The predicted molar refractivity (Wildman–Crippen MR) is 125 cm³/mol. The van der Waals surface area contributed by atoms with Crippen molar-refractivity contribution in [3.63, 3.8) is 0 Å². The number of amides is 1. The molecule has 0 radical (unpaired) electrons. The third kappa shape index (κ3) is 5.04. The number of hydrogen-bond acceptors (Lipinski definition) is 5. The molecule has 1 heterocycles. The van der Waals surface area contributed by atoms with E-state index in [2.05, 4.69) is 6.58 Å². The van der Waals surface area contributed by atoms with Crippen molar-refractivity contribution in [3.8, 4) is 11.5 Å². The van der Waals surface area contributed by atoms with E-state index in [0.717, 1.165) is 29.7 Å². The summed E-state index contributed by atoms with van der Waals surface area (Å²) in [5.74, 6) is 1.48. The average Bonchev–Trinajstić information content (AvgIpc) is 2.98. The maximum Gasteiger partial charge on any atom is 0.266 e. The Morgan fingerprint density at radius 2 is 1.93 bits per heavy atom. The van der Waals surface area contributed by atoms with Crippen molar-refractivity contribution in [2.75, 3.05) is 13.2 Å². The van der Waals surface area contributed by atoms with Gasteiger partial charge in [-0.1, -0.05) is 49.3 Å². The molecule has 3 rings (SSSR count). The summed E-state index contributed by atoms with van der Waals surface area (Å²) in [5, 5.41) is 0. The van der Waals surface area contributed by atoms with Crippen LogP contribution >= 0.6 is 24.0 Å². The van der Waals surface area contributed by atoms with Crippen molar-refractivity contribution >= 4 is 40.3 Å². The molecule has 1 aromatic rings. The molecule has 0 unspecified atom stereocenters. The molecule has 2 fully saturated rings. The summed E-state index contributed by atoms with van der Waals surface area (Å²) in [6, 6.07) is 4.23. The van der Waals surface area contributed by atoms with Crippen LogP contribution in [0, 0.1) is 0 Å². The van der Waals surface area contributed by atoms with Crippen LogP contribution < -0.4 is 9.47 Å². The zero-order valence-corrected chi connectivity index (χ0v) is 18.9. The second kappa shape index (κ2) is 10.3. The third-order valence-corrected chi connectivity index (χ3v) is 6.50. The molecule has 0 bridgehead atoms. The van der Waals surface area contributed by atoms with Crippen molar-refractivity contribution in [3.05, 3.63) is 40.8 Å². The van der Waals surface area contributed by atoms with Gasteiger partial charge < -0.3 is 9.47 Å². The van der Waals surface area contributed by atoms with Gasteiger partial charge in [-0.25, -0.2) is 0 Å². The van der Waals surface area contributed by atoms with E-state index in [9.17, 15) is 4.79 Å². The van der Waals surface area contributed by atoms with E-state index < -0.39 is 0 Å². The van der Waals surface area contributed by atoms with Crippen LogP contribution in [0.2, 0.25) is 0 Å². The minimum Gasteiger partial charge on any atom is -0.490 e. The molecule has 1 aliphatic heterocycles. The predicted octanol–water partition coefficient (Wildman–Crippen LogP) is 5.75. The lowest BCUT2D eigenvalue weighted by Crippen LogP contribution is -2.39. The standard InChI is InChI=1S/C23H29NO3S2/c1-4-10-17-13-16(14-19(26-5-2)21(17)27-6-3)15-20-22(25)24(23(28)29-20)18-11-8-7-9-12-18/h4,13-15,18H,1,5-12H2,2-3H3/b20-15-. The molecular weight excluding hydrogens is 402 g/mol. The van der Waals surface area contributed by atoms with Gasteiger partial charge in [-0.15, -0.1) is 6.58 Å². The van der Waals surface area contributed by atoms with E-state index in [0.29, 0.717) is 34.6 Å². The lowest BCUT2D eigenvalue weighted by atomic mass is 9.94. The number of carbonyl (C=O) groups is 1. The normalized spacial score (nSPS) is 19.1. The molecule has 0 aromatic heterocycles. The molecule has 6 heteroatoms. The Morgan fingerprint density at radius 3 is 2.59 bits per heavy atom. The van der Waals surface area contributed by atoms with Gasteiger partial charge in [-0.05, 0) is 56.9 Å². The molecule has 0 N–H and O–H groups in total. The summed E-state index contributed by atoms with van der Waals surface area (Å²) >= 11 is 6.95. The Labute approximate surface area is 183 Å². The van der Waals surface area contributed by atoms with Gasteiger partial charge in [0.15, 0.2) is 11.5 Å². The molecule has 1 saturated heterocycles. The van der Waals surface area contributed by atoms with Crippen molar-refractivity contribution in [1.29, 1.82) is 0 Å². The third-order valence-electron chi connectivity index (χ3n) is 5.17. The smallest absolute Gasteiger partial charge is 0.266 e. The van der Waals surface area contributed by atoms with Gasteiger partial charge in [-0.3, -0.25) is 9.69 Å². The quantitative estimate of drug-likeness (QED) is 0.298. The summed E-state index contributed by atoms with van der Waals surface area (Å²) in [5.41, 5.74) is 1.92. The summed E-state index contributed by atoms with van der Waals surface area (Å²) in [6.07, 6.45) is 10.1. The maximum atomic E-state index is 13.1. The Balaban J connectivity index is 1.93. The number of ether oxygens (including phenoxy) is 2. The summed E-state index contributed by atoms with van der Waals surface area (Å²) < 4.78 is 12.3. The van der Waals surface area contributed by atoms with E-state index in [1.54, 1.807) is 0 Å². The molecule has 1 aromatic carbocycles. The zero-order valence-electron chi connectivity index (χ0n) is 17.2. The summed E-state index contributed by atoms with van der Waals surface area (Å²) in [7, 11) is 0. The number of rotatable bonds is 8. The van der Waals surface area contributed by atoms with E-state index in [-0.39, 0.29) is 11.9 Å². The molecule has 1 amide bonds. The Kier molecular flexibility index (Phi) is 7.78. The molecule has 0 atom stereocenters. The van der Waals surface area contributed by atoms with Gasteiger partial charge in [-0.2, -0.15) is 0 Å². The van der Waals surface area contributed by atoms with Crippen molar-refractivity contribution in [1.82, 2.24) is 4.90 Å². The first-order valence-electron chi connectivity index (χ1n) is 10.4. The van der Waals surface area contributed by atoms with Gasteiger partial charge in [0.25, 0.3) is 5.91 Å². The lowest BCUT2D eigenvalue weighted by Gasteiger charge is -2.29. The van der Waals surface area contributed by atoms with Gasteiger partial charge in [0.05, 0.1) is 18.1 Å². The molecule has 4 nitrogen and oxygen atoms in total. The fourth-order valence-corrected chi connectivity index (χ4v) is 5.33. The number of nitrogens with zero attached hydrogens (tertiary/aromatic N) is 1. The van der Waals surface area contributed by atoms with Crippen molar-refractivity contribution < 1.29 is 14.3 Å². The fraction of sp³-hybridized carbons (Fsp3) is 0.478. The topological polar surface area (TPSA) is 38.8 Å². The Morgan fingerprint density at radius 1 is 1.21 bits per heavy atom. The first-order chi connectivity index (χ1) is 14.1. The summed E-state index contributed by atoms with van der Waals surface area (Å²) in [6.45, 7) is 8.86. The minimum atomic E-state index is 0.0315. The molecule has 0 spiro atoms. The highest BCUT2D eigenvalue weighted by Gasteiger charge is 2.37. The molecule has 1 saturated carbocycles. The van der Waals surface area contributed by atoms with Gasteiger partial charge in [0.1, 0.15) is 4.32 Å². The number of thioether (sulfide) groups is 1. The van der Waals surface area contributed by atoms with E-state index in [1.807, 2.05) is 43.0 Å². The monoisotopic (exact) mass is 431 g/mol. The highest BCUT2D eigenvalue weighted by atomic mass is 32.2. The molecule has 1 aliphatic carbocycles. The Hall–Kier alpha value is -1.79.